The lowest BCUT2D eigenvalue weighted by Crippen LogP contribution is -2.35. The Labute approximate surface area is 95.2 Å². The first-order valence-corrected chi connectivity index (χ1v) is 5.17. The molecule has 0 saturated carbocycles. The van der Waals surface area contributed by atoms with Crippen molar-refractivity contribution in [3.63, 3.8) is 0 Å². The van der Waals surface area contributed by atoms with E-state index in [-0.39, 0.29) is 11.9 Å². The number of carbonyl (C=O) groups is 1. The van der Waals surface area contributed by atoms with Crippen LogP contribution >= 0.6 is 12.6 Å². The van der Waals surface area contributed by atoms with Crippen molar-refractivity contribution < 1.29 is 9.53 Å². The normalized spacial score (nSPS) is 12.2. The van der Waals surface area contributed by atoms with Crippen LogP contribution in [0, 0.1) is 0 Å². The molecule has 0 fully saturated rings. The van der Waals surface area contributed by atoms with Gasteiger partial charge in [-0.05, 0) is 31.2 Å². The first kappa shape index (κ1) is 12.1. The summed E-state index contributed by atoms with van der Waals surface area (Å²) >= 11 is 4.15. The van der Waals surface area contributed by atoms with Gasteiger partial charge in [-0.25, -0.2) is 0 Å². The summed E-state index contributed by atoms with van der Waals surface area (Å²) in [7, 11) is 1.61. The molecule has 0 aliphatic rings. The van der Waals surface area contributed by atoms with Crippen LogP contribution in [0.15, 0.2) is 29.2 Å². The molecule has 15 heavy (non-hydrogen) atoms. The molecule has 1 N–H and O–H groups in total. The molecule has 0 saturated heterocycles. The SMILES string of the molecule is COCC(C)NC(=O)c1ccc(S)cc1. The molecule has 0 aliphatic carbocycles. The van der Waals surface area contributed by atoms with Crippen LogP contribution in [0.5, 0.6) is 0 Å². The second kappa shape index (κ2) is 5.78. The molecule has 1 atom stereocenters. The molecule has 1 aromatic carbocycles. The lowest BCUT2D eigenvalue weighted by Gasteiger charge is -2.12. The smallest absolute Gasteiger partial charge is 0.251 e. The molecule has 0 spiro atoms. The van der Waals surface area contributed by atoms with Gasteiger partial charge < -0.3 is 10.1 Å². The molecule has 0 aromatic heterocycles. The monoisotopic (exact) mass is 225 g/mol. The van der Waals surface area contributed by atoms with Crippen LogP contribution in [0.1, 0.15) is 17.3 Å². The Morgan fingerprint density at radius 2 is 2.07 bits per heavy atom. The van der Waals surface area contributed by atoms with Gasteiger partial charge in [0.05, 0.1) is 6.61 Å². The van der Waals surface area contributed by atoms with E-state index in [1.165, 1.54) is 0 Å². The van der Waals surface area contributed by atoms with E-state index >= 15 is 0 Å². The Bertz CT molecular complexity index is 324. The number of nitrogens with one attached hydrogen (secondary N) is 1. The zero-order chi connectivity index (χ0) is 11.3. The zero-order valence-electron chi connectivity index (χ0n) is 8.86. The van der Waals surface area contributed by atoms with Gasteiger partial charge in [-0.1, -0.05) is 0 Å². The molecule has 4 heteroatoms. The van der Waals surface area contributed by atoms with Gasteiger partial charge in [0.2, 0.25) is 0 Å². The summed E-state index contributed by atoms with van der Waals surface area (Å²) in [6.45, 7) is 2.41. The van der Waals surface area contributed by atoms with Crippen LogP contribution < -0.4 is 5.32 Å². The average Bonchev–Trinajstić information content (AvgIpc) is 2.18. The highest BCUT2D eigenvalue weighted by Gasteiger charge is 2.08. The number of thiol groups is 1. The minimum atomic E-state index is -0.0899. The van der Waals surface area contributed by atoms with Crippen LogP contribution in [-0.4, -0.2) is 25.7 Å². The van der Waals surface area contributed by atoms with Crippen molar-refractivity contribution in [1.29, 1.82) is 0 Å². The van der Waals surface area contributed by atoms with E-state index < -0.39 is 0 Å². The van der Waals surface area contributed by atoms with E-state index in [1.54, 1.807) is 31.4 Å². The van der Waals surface area contributed by atoms with Gasteiger partial charge in [0.1, 0.15) is 0 Å². The minimum absolute atomic E-state index is 0.0122. The lowest BCUT2D eigenvalue weighted by atomic mass is 10.2. The zero-order valence-corrected chi connectivity index (χ0v) is 9.75. The second-order valence-corrected chi connectivity index (χ2v) is 3.89. The quantitative estimate of drug-likeness (QED) is 0.766. The summed E-state index contributed by atoms with van der Waals surface area (Å²) in [5.74, 6) is -0.0899. The van der Waals surface area contributed by atoms with Gasteiger partial charge in [-0.3, -0.25) is 4.79 Å². The molecule has 0 bridgehead atoms. The van der Waals surface area contributed by atoms with E-state index in [0.29, 0.717) is 12.2 Å². The number of benzene rings is 1. The Balaban J connectivity index is 2.57. The van der Waals surface area contributed by atoms with Crippen LogP contribution in [0.25, 0.3) is 0 Å². The fourth-order valence-electron chi connectivity index (χ4n) is 1.21. The maximum atomic E-state index is 11.6. The van der Waals surface area contributed by atoms with E-state index in [2.05, 4.69) is 17.9 Å². The Kier molecular flexibility index (Phi) is 4.65. The Morgan fingerprint density at radius 3 is 2.60 bits per heavy atom. The van der Waals surface area contributed by atoms with Gasteiger partial charge in [0, 0.05) is 23.6 Å². The number of carbonyl (C=O) groups excluding carboxylic acids is 1. The maximum Gasteiger partial charge on any atom is 0.251 e. The molecule has 0 aliphatic heterocycles. The van der Waals surface area contributed by atoms with Gasteiger partial charge in [0.15, 0.2) is 0 Å². The summed E-state index contributed by atoms with van der Waals surface area (Å²) in [5.41, 5.74) is 0.635. The van der Waals surface area contributed by atoms with Crippen LogP contribution in [0.2, 0.25) is 0 Å². The summed E-state index contributed by atoms with van der Waals surface area (Å²) < 4.78 is 4.93. The number of ether oxygens (including phenoxy) is 1. The number of hydrogen-bond acceptors (Lipinski definition) is 3. The number of methoxy groups -OCH3 is 1. The highest BCUT2D eigenvalue weighted by Crippen LogP contribution is 2.07. The Morgan fingerprint density at radius 1 is 1.47 bits per heavy atom. The van der Waals surface area contributed by atoms with Crippen molar-refractivity contribution in [2.75, 3.05) is 13.7 Å². The highest BCUT2D eigenvalue weighted by molar-refractivity contribution is 7.80. The van der Waals surface area contributed by atoms with Crippen LogP contribution in [0.3, 0.4) is 0 Å². The standard InChI is InChI=1S/C11H15NO2S/c1-8(7-14-2)12-11(13)9-3-5-10(15)6-4-9/h3-6,8,15H,7H2,1-2H3,(H,12,13). The molecule has 3 nitrogen and oxygen atoms in total. The minimum Gasteiger partial charge on any atom is -0.383 e. The number of amides is 1. The highest BCUT2D eigenvalue weighted by atomic mass is 32.1. The topological polar surface area (TPSA) is 38.3 Å². The molecular formula is C11H15NO2S. The second-order valence-electron chi connectivity index (χ2n) is 3.38. The average molecular weight is 225 g/mol. The van der Waals surface area contributed by atoms with Crippen molar-refractivity contribution in [3.05, 3.63) is 29.8 Å². The molecule has 82 valence electrons. The first-order valence-electron chi connectivity index (χ1n) is 4.72. The molecule has 1 rings (SSSR count). The van der Waals surface area contributed by atoms with E-state index in [4.69, 9.17) is 4.74 Å². The molecule has 0 heterocycles. The van der Waals surface area contributed by atoms with Gasteiger partial charge >= 0.3 is 0 Å². The van der Waals surface area contributed by atoms with Gasteiger partial charge in [-0.15, -0.1) is 12.6 Å². The number of hydrogen-bond donors (Lipinski definition) is 2. The molecular weight excluding hydrogens is 210 g/mol. The van der Waals surface area contributed by atoms with Crippen molar-refractivity contribution in [3.8, 4) is 0 Å². The fourth-order valence-corrected chi connectivity index (χ4v) is 1.36. The summed E-state index contributed by atoms with van der Waals surface area (Å²) in [5, 5.41) is 2.83. The summed E-state index contributed by atoms with van der Waals surface area (Å²) in [6.07, 6.45) is 0. The van der Waals surface area contributed by atoms with Crippen molar-refractivity contribution >= 4 is 18.5 Å². The number of rotatable bonds is 4. The van der Waals surface area contributed by atoms with Crippen molar-refractivity contribution in [2.45, 2.75) is 17.9 Å². The van der Waals surface area contributed by atoms with E-state index in [1.807, 2.05) is 6.92 Å². The Hall–Kier alpha value is -1.00. The molecule has 1 unspecified atom stereocenters. The fraction of sp³-hybridized carbons (Fsp3) is 0.364. The van der Waals surface area contributed by atoms with Crippen molar-refractivity contribution in [1.82, 2.24) is 5.32 Å². The predicted octanol–water partition coefficient (Wildman–Crippen LogP) is 1.74. The van der Waals surface area contributed by atoms with E-state index in [0.717, 1.165) is 4.90 Å². The molecule has 1 aromatic rings. The third-order valence-corrected chi connectivity index (χ3v) is 2.22. The lowest BCUT2D eigenvalue weighted by molar-refractivity contribution is 0.0905. The maximum absolute atomic E-state index is 11.6. The van der Waals surface area contributed by atoms with Gasteiger partial charge in [-0.2, -0.15) is 0 Å². The first-order chi connectivity index (χ1) is 7.13. The van der Waals surface area contributed by atoms with Crippen LogP contribution in [-0.2, 0) is 4.74 Å². The third kappa shape index (κ3) is 3.93. The van der Waals surface area contributed by atoms with E-state index in [9.17, 15) is 4.79 Å². The largest absolute Gasteiger partial charge is 0.383 e. The summed E-state index contributed by atoms with van der Waals surface area (Å²) in [4.78, 5) is 12.5. The molecule has 1 amide bonds. The predicted molar refractivity (Wildman–Crippen MR) is 62.5 cm³/mol. The van der Waals surface area contributed by atoms with Gasteiger partial charge in [0.25, 0.3) is 5.91 Å². The third-order valence-electron chi connectivity index (χ3n) is 1.92. The summed E-state index contributed by atoms with van der Waals surface area (Å²) in [6, 6.07) is 7.09. The van der Waals surface area contributed by atoms with Crippen LogP contribution in [0.4, 0.5) is 0 Å². The molecule has 0 radical (unpaired) electrons. The van der Waals surface area contributed by atoms with Crippen molar-refractivity contribution in [2.24, 2.45) is 0 Å².